The molecule has 4 nitrogen and oxygen atoms in total. The van der Waals surface area contributed by atoms with Gasteiger partial charge < -0.3 is 14.0 Å². The molecule has 1 unspecified atom stereocenters. The van der Waals surface area contributed by atoms with Gasteiger partial charge in [-0.2, -0.15) is 13.2 Å². The van der Waals surface area contributed by atoms with E-state index in [9.17, 15) is 13.2 Å². The first-order valence-electron chi connectivity index (χ1n) is 7.35. The summed E-state index contributed by atoms with van der Waals surface area (Å²) in [6, 6.07) is 6.75. The summed E-state index contributed by atoms with van der Waals surface area (Å²) >= 11 is 0. The molecule has 0 spiro atoms. The van der Waals surface area contributed by atoms with Crippen LogP contribution in [0.5, 0.6) is 5.75 Å². The van der Waals surface area contributed by atoms with Crippen LogP contribution in [0.2, 0.25) is 0 Å². The summed E-state index contributed by atoms with van der Waals surface area (Å²) < 4.78 is 50.8. The Labute approximate surface area is 131 Å². The lowest BCUT2D eigenvalue weighted by Crippen LogP contribution is -2.05. The molecule has 0 amide bonds. The van der Waals surface area contributed by atoms with Crippen LogP contribution in [0.25, 0.3) is 11.4 Å². The zero-order valence-corrected chi connectivity index (χ0v) is 12.8. The van der Waals surface area contributed by atoms with Crippen LogP contribution < -0.4 is 4.74 Å². The Kier molecular flexibility index (Phi) is 4.06. The number of rotatable bonds is 5. The summed E-state index contributed by atoms with van der Waals surface area (Å²) in [5.41, 5.74) is -0.267. The van der Waals surface area contributed by atoms with Gasteiger partial charge in [-0.05, 0) is 38.1 Å². The molecule has 7 heteroatoms. The first-order valence-corrected chi connectivity index (χ1v) is 7.35. The minimum absolute atomic E-state index is 0.128. The molecule has 1 aromatic heterocycles. The highest BCUT2D eigenvalue weighted by atomic mass is 19.4. The van der Waals surface area contributed by atoms with Crippen LogP contribution in [0.15, 0.2) is 30.5 Å². The second-order valence-electron chi connectivity index (χ2n) is 5.74. The maximum Gasteiger partial charge on any atom is 0.434 e. The molecule has 0 N–H and O–H groups in total. The molecule has 2 aromatic rings. The van der Waals surface area contributed by atoms with Crippen molar-refractivity contribution in [3.05, 3.63) is 36.2 Å². The van der Waals surface area contributed by atoms with Gasteiger partial charge in [0.1, 0.15) is 24.3 Å². The maximum atomic E-state index is 12.9. The standard InChI is InChI=1S/C16H17F3N2O2/c1-10(2)21-7-14(16(17,18)19)20-15(21)11-3-5-12(6-4-11)22-8-13-9-23-13/h3-7,10,13H,8-9H2,1-2H3. The minimum Gasteiger partial charge on any atom is -0.491 e. The van der Waals surface area contributed by atoms with Gasteiger partial charge in [0, 0.05) is 17.8 Å². The Balaban J connectivity index is 1.85. The van der Waals surface area contributed by atoms with Crippen LogP contribution in [-0.2, 0) is 10.9 Å². The fraction of sp³-hybridized carbons (Fsp3) is 0.438. The van der Waals surface area contributed by atoms with Crippen molar-refractivity contribution in [3.63, 3.8) is 0 Å². The smallest absolute Gasteiger partial charge is 0.434 e. The third-order valence-corrected chi connectivity index (χ3v) is 3.53. The second-order valence-corrected chi connectivity index (χ2v) is 5.74. The molecule has 1 fully saturated rings. The molecule has 2 heterocycles. The molecule has 0 bridgehead atoms. The van der Waals surface area contributed by atoms with E-state index in [0.29, 0.717) is 30.4 Å². The van der Waals surface area contributed by atoms with E-state index < -0.39 is 11.9 Å². The molecule has 0 aliphatic carbocycles. The molecule has 124 valence electrons. The van der Waals surface area contributed by atoms with Crippen LogP contribution in [0.4, 0.5) is 13.2 Å². The molecule has 1 aromatic carbocycles. The van der Waals surface area contributed by atoms with Gasteiger partial charge in [-0.15, -0.1) is 0 Å². The van der Waals surface area contributed by atoms with Gasteiger partial charge in [0.2, 0.25) is 0 Å². The van der Waals surface area contributed by atoms with Crippen molar-refractivity contribution >= 4 is 0 Å². The van der Waals surface area contributed by atoms with Gasteiger partial charge in [-0.25, -0.2) is 4.98 Å². The zero-order chi connectivity index (χ0) is 16.6. The van der Waals surface area contributed by atoms with E-state index in [2.05, 4.69) is 4.98 Å². The third kappa shape index (κ3) is 3.67. The van der Waals surface area contributed by atoms with Crippen molar-refractivity contribution in [2.45, 2.75) is 32.2 Å². The van der Waals surface area contributed by atoms with Crippen LogP contribution in [0.1, 0.15) is 25.6 Å². The molecule has 1 aliphatic heterocycles. The molecule has 0 radical (unpaired) electrons. The fourth-order valence-corrected chi connectivity index (χ4v) is 2.19. The van der Waals surface area contributed by atoms with Crippen LogP contribution >= 0.6 is 0 Å². The Morgan fingerprint density at radius 1 is 1.30 bits per heavy atom. The number of ether oxygens (including phenoxy) is 2. The highest BCUT2D eigenvalue weighted by molar-refractivity contribution is 5.57. The Morgan fingerprint density at radius 2 is 1.96 bits per heavy atom. The first kappa shape index (κ1) is 15.9. The monoisotopic (exact) mass is 326 g/mol. The third-order valence-electron chi connectivity index (χ3n) is 3.53. The Bertz CT molecular complexity index is 674. The lowest BCUT2D eigenvalue weighted by atomic mass is 10.2. The van der Waals surface area contributed by atoms with Gasteiger partial charge >= 0.3 is 6.18 Å². The highest BCUT2D eigenvalue weighted by Gasteiger charge is 2.35. The van der Waals surface area contributed by atoms with E-state index in [1.807, 2.05) is 13.8 Å². The van der Waals surface area contributed by atoms with Crippen molar-refractivity contribution in [3.8, 4) is 17.1 Å². The number of aromatic nitrogens is 2. The molecule has 1 aliphatic rings. The van der Waals surface area contributed by atoms with E-state index in [4.69, 9.17) is 9.47 Å². The summed E-state index contributed by atoms with van der Waals surface area (Å²) in [7, 11) is 0. The van der Waals surface area contributed by atoms with Gasteiger partial charge in [-0.3, -0.25) is 0 Å². The van der Waals surface area contributed by atoms with E-state index in [-0.39, 0.29) is 12.1 Å². The molecule has 23 heavy (non-hydrogen) atoms. The maximum absolute atomic E-state index is 12.9. The largest absolute Gasteiger partial charge is 0.491 e. The number of benzene rings is 1. The predicted molar refractivity (Wildman–Crippen MR) is 78.3 cm³/mol. The summed E-state index contributed by atoms with van der Waals surface area (Å²) in [4.78, 5) is 3.76. The number of imidazole rings is 1. The van der Waals surface area contributed by atoms with E-state index in [1.165, 1.54) is 4.57 Å². The number of halogens is 3. The molecule has 1 atom stereocenters. The van der Waals surface area contributed by atoms with Crippen LogP contribution in [0.3, 0.4) is 0 Å². The minimum atomic E-state index is -4.46. The van der Waals surface area contributed by atoms with Gasteiger partial charge in [0.15, 0.2) is 5.69 Å². The Hall–Kier alpha value is -2.02. The lowest BCUT2D eigenvalue weighted by Gasteiger charge is -2.11. The second kappa shape index (κ2) is 5.88. The van der Waals surface area contributed by atoms with Gasteiger partial charge in [0.25, 0.3) is 0 Å². The van der Waals surface area contributed by atoms with E-state index in [1.54, 1.807) is 24.3 Å². The quantitative estimate of drug-likeness (QED) is 0.782. The van der Waals surface area contributed by atoms with Crippen LogP contribution in [-0.4, -0.2) is 28.9 Å². The van der Waals surface area contributed by atoms with Crippen molar-refractivity contribution in [1.82, 2.24) is 9.55 Å². The van der Waals surface area contributed by atoms with E-state index >= 15 is 0 Å². The SMILES string of the molecule is CC(C)n1cc(C(F)(F)F)nc1-c1ccc(OCC2CO2)cc1. The molecule has 1 saturated heterocycles. The molecule has 0 saturated carbocycles. The lowest BCUT2D eigenvalue weighted by molar-refractivity contribution is -0.140. The normalized spacial score (nSPS) is 17.6. The number of alkyl halides is 3. The average molecular weight is 326 g/mol. The summed E-state index contributed by atoms with van der Waals surface area (Å²) in [6.07, 6.45) is -3.25. The fourth-order valence-electron chi connectivity index (χ4n) is 2.19. The van der Waals surface area contributed by atoms with Crippen molar-refractivity contribution in [2.75, 3.05) is 13.2 Å². The van der Waals surface area contributed by atoms with Gasteiger partial charge in [0.05, 0.1) is 6.61 Å². The molecular formula is C16H17F3N2O2. The summed E-state index contributed by atoms with van der Waals surface area (Å²) in [5, 5.41) is 0. The summed E-state index contributed by atoms with van der Waals surface area (Å²) in [6.45, 7) is 4.83. The highest BCUT2D eigenvalue weighted by Crippen LogP contribution is 2.33. The predicted octanol–water partition coefficient (Wildman–Crippen LogP) is 3.93. The first-order chi connectivity index (χ1) is 10.8. The van der Waals surface area contributed by atoms with Crippen LogP contribution in [0, 0.1) is 0 Å². The number of hydrogen-bond acceptors (Lipinski definition) is 3. The van der Waals surface area contributed by atoms with Crippen molar-refractivity contribution < 1.29 is 22.6 Å². The van der Waals surface area contributed by atoms with Crippen molar-refractivity contribution in [1.29, 1.82) is 0 Å². The van der Waals surface area contributed by atoms with Crippen molar-refractivity contribution in [2.24, 2.45) is 0 Å². The average Bonchev–Trinajstić information content (AvgIpc) is 3.19. The molecule has 3 rings (SSSR count). The number of nitrogens with zero attached hydrogens (tertiary/aromatic N) is 2. The topological polar surface area (TPSA) is 39.6 Å². The van der Waals surface area contributed by atoms with E-state index in [0.717, 1.165) is 6.20 Å². The number of hydrogen-bond donors (Lipinski definition) is 0. The zero-order valence-electron chi connectivity index (χ0n) is 12.8. The number of epoxide rings is 1. The molecular weight excluding hydrogens is 309 g/mol. The summed E-state index contributed by atoms with van der Waals surface area (Å²) in [5.74, 6) is 0.951. The Morgan fingerprint density at radius 3 is 2.48 bits per heavy atom. The van der Waals surface area contributed by atoms with Gasteiger partial charge in [-0.1, -0.05) is 0 Å².